The van der Waals surface area contributed by atoms with Gasteiger partial charge in [0, 0.05) is 24.4 Å². The Bertz CT molecular complexity index is 304. The van der Waals surface area contributed by atoms with E-state index in [0.29, 0.717) is 0 Å². The van der Waals surface area contributed by atoms with E-state index in [2.05, 4.69) is 34.9 Å². The van der Waals surface area contributed by atoms with E-state index in [4.69, 9.17) is 10.6 Å². The van der Waals surface area contributed by atoms with Crippen molar-refractivity contribution in [3.63, 3.8) is 0 Å². The zero-order valence-electron chi connectivity index (χ0n) is 9.56. The molecule has 4 nitrogen and oxygen atoms in total. The second-order valence-corrected chi connectivity index (χ2v) is 5.26. The summed E-state index contributed by atoms with van der Waals surface area (Å²) in [6.07, 6.45) is 1.12. The summed E-state index contributed by atoms with van der Waals surface area (Å²) in [6.45, 7) is 2.75. The first-order valence-corrected chi connectivity index (χ1v) is 6.46. The Morgan fingerprint density at radius 1 is 1.75 bits per heavy atom. The maximum Gasteiger partial charge on any atom is 0.0872 e. The molecule has 2 rings (SSSR count). The van der Waals surface area contributed by atoms with E-state index in [1.165, 1.54) is 4.88 Å². The SMILES string of the molecule is CN1CCOC(C(Cc2cccs2)NN)C1. The van der Waals surface area contributed by atoms with Gasteiger partial charge in [0.05, 0.1) is 18.8 Å². The summed E-state index contributed by atoms with van der Waals surface area (Å²) < 4.78 is 5.77. The largest absolute Gasteiger partial charge is 0.374 e. The fraction of sp³-hybridized carbons (Fsp3) is 0.636. The number of rotatable bonds is 4. The molecule has 2 heterocycles. The van der Waals surface area contributed by atoms with Gasteiger partial charge in [-0.1, -0.05) is 6.07 Å². The minimum absolute atomic E-state index is 0.186. The Labute approximate surface area is 100 Å². The average Bonchev–Trinajstić information content (AvgIpc) is 2.78. The molecule has 16 heavy (non-hydrogen) atoms. The first-order chi connectivity index (χ1) is 7.79. The molecule has 1 saturated heterocycles. The van der Waals surface area contributed by atoms with Crippen LogP contribution in [0.25, 0.3) is 0 Å². The number of nitrogens with two attached hydrogens (primary N) is 1. The third kappa shape index (κ3) is 3.02. The molecule has 5 heteroatoms. The first-order valence-electron chi connectivity index (χ1n) is 5.58. The second kappa shape index (κ2) is 5.75. The number of ether oxygens (including phenoxy) is 1. The predicted octanol–water partition coefficient (Wildman–Crippen LogP) is 0.453. The second-order valence-electron chi connectivity index (χ2n) is 4.23. The van der Waals surface area contributed by atoms with Crippen molar-refractivity contribution in [3.8, 4) is 0 Å². The highest BCUT2D eigenvalue weighted by Gasteiger charge is 2.26. The summed E-state index contributed by atoms with van der Waals surface area (Å²) in [5, 5.41) is 2.09. The van der Waals surface area contributed by atoms with Gasteiger partial charge in [-0.2, -0.15) is 0 Å². The van der Waals surface area contributed by atoms with Crippen molar-refractivity contribution in [1.82, 2.24) is 10.3 Å². The molecule has 0 bridgehead atoms. The number of nitrogens with zero attached hydrogens (tertiary/aromatic N) is 1. The fourth-order valence-corrected chi connectivity index (χ4v) is 2.76. The van der Waals surface area contributed by atoms with Crippen molar-refractivity contribution in [1.29, 1.82) is 0 Å². The maximum atomic E-state index is 5.77. The molecular formula is C11H19N3OS. The van der Waals surface area contributed by atoms with Crippen LogP contribution in [-0.4, -0.2) is 43.8 Å². The van der Waals surface area contributed by atoms with Gasteiger partial charge in [-0.25, -0.2) is 0 Å². The quantitative estimate of drug-likeness (QED) is 0.594. The molecule has 2 atom stereocenters. The normalized spacial score (nSPS) is 24.5. The van der Waals surface area contributed by atoms with E-state index in [0.717, 1.165) is 26.1 Å². The molecule has 0 saturated carbocycles. The summed E-state index contributed by atoms with van der Waals surface area (Å²) in [5.74, 6) is 5.62. The molecule has 0 aromatic carbocycles. The van der Waals surface area contributed by atoms with Crippen LogP contribution >= 0.6 is 11.3 Å². The lowest BCUT2D eigenvalue weighted by molar-refractivity contribution is -0.0383. The van der Waals surface area contributed by atoms with E-state index in [-0.39, 0.29) is 12.1 Å². The summed E-state index contributed by atoms with van der Waals surface area (Å²) >= 11 is 1.77. The van der Waals surface area contributed by atoms with Crippen molar-refractivity contribution < 1.29 is 4.74 Å². The highest BCUT2D eigenvalue weighted by molar-refractivity contribution is 7.09. The van der Waals surface area contributed by atoms with E-state index >= 15 is 0 Å². The lowest BCUT2D eigenvalue weighted by Gasteiger charge is -2.34. The minimum atomic E-state index is 0.186. The van der Waals surface area contributed by atoms with Crippen LogP contribution in [0.15, 0.2) is 17.5 Å². The van der Waals surface area contributed by atoms with Crippen LogP contribution in [0.1, 0.15) is 4.88 Å². The number of nitrogens with one attached hydrogen (secondary N) is 1. The molecule has 3 N–H and O–H groups in total. The first kappa shape index (κ1) is 12.0. The lowest BCUT2D eigenvalue weighted by Crippen LogP contribution is -2.53. The van der Waals surface area contributed by atoms with E-state index in [1.807, 2.05) is 0 Å². The zero-order valence-corrected chi connectivity index (χ0v) is 10.4. The van der Waals surface area contributed by atoms with Crippen molar-refractivity contribution in [2.24, 2.45) is 5.84 Å². The molecular weight excluding hydrogens is 222 g/mol. The Hall–Kier alpha value is -0.460. The number of likely N-dealkylation sites (N-methyl/N-ethyl adjacent to an activating group) is 1. The van der Waals surface area contributed by atoms with Gasteiger partial charge in [-0.15, -0.1) is 11.3 Å². The van der Waals surface area contributed by atoms with E-state index in [9.17, 15) is 0 Å². The topological polar surface area (TPSA) is 50.5 Å². The van der Waals surface area contributed by atoms with Crippen molar-refractivity contribution in [3.05, 3.63) is 22.4 Å². The Balaban J connectivity index is 1.93. The Morgan fingerprint density at radius 2 is 2.62 bits per heavy atom. The zero-order chi connectivity index (χ0) is 11.4. The number of morpholine rings is 1. The number of hydrogen-bond acceptors (Lipinski definition) is 5. The number of thiophene rings is 1. The van der Waals surface area contributed by atoms with Crippen molar-refractivity contribution in [2.75, 3.05) is 26.7 Å². The van der Waals surface area contributed by atoms with Gasteiger partial charge in [0.25, 0.3) is 0 Å². The third-order valence-electron chi connectivity index (χ3n) is 2.96. The smallest absolute Gasteiger partial charge is 0.0872 e. The van der Waals surface area contributed by atoms with Crippen LogP contribution in [0, 0.1) is 0 Å². The molecule has 1 aliphatic rings. The molecule has 1 fully saturated rings. The van der Waals surface area contributed by atoms with Crippen LogP contribution in [-0.2, 0) is 11.2 Å². The van der Waals surface area contributed by atoms with Gasteiger partial charge >= 0.3 is 0 Å². The van der Waals surface area contributed by atoms with Gasteiger partial charge < -0.3 is 9.64 Å². The third-order valence-corrected chi connectivity index (χ3v) is 3.86. The van der Waals surface area contributed by atoms with E-state index in [1.54, 1.807) is 11.3 Å². The molecule has 0 amide bonds. The van der Waals surface area contributed by atoms with Crippen LogP contribution in [0.3, 0.4) is 0 Å². The van der Waals surface area contributed by atoms with Crippen molar-refractivity contribution in [2.45, 2.75) is 18.6 Å². The summed E-state index contributed by atoms with van der Waals surface area (Å²) in [7, 11) is 2.12. The minimum Gasteiger partial charge on any atom is -0.374 e. The van der Waals surface area contributed by atoms with Crippen LogP contribution in [0.2, 0.25) is 0 Å². The monoisotopic (exact) mass is 241 g/mol. The van der Waals surface area contributed by atoms with Gasteiger partial charge in [-0.05, 0) is 18.5 Å². The summed E-state index contributed by atoms with van der Waals surface area (Å²) in [5.41, 5.74) is 2.89. The van der Waals surface area contributed by atoms with Crippen LogP contribution in [0.5, 0.6) is 0 Å². The fourth-order valence-electron chi connectivity index (χ4n) is 2.00. The molecule has 0 radical (unpaired) electrons. The number of hydrazine groups is 1. The average molecular weight is 241 g/mol. The van der Waals surface area contributed by atoms with Crippen LogP contribution in [0.4, 0.5) is 0 Å². The van der Waals surface area contributed by atoms with Crippen LogP contribution < -0.4 is 11.3 Å². The van der Waals surface area contributed by atoms with Gasteiger partial charge in [0.15, 0.2) is 0 Å². The highest BCUT2D eigenvalue weighted by Crippen LogP contribution is 2.15. The molecule has 2 unspecified atom stereocenters. The number of hydrogen-bond donors (Lipinski definition) is 2. The lowest BCUT2D eigenvalue weighted by atomic mass is 10.1. The molecule has 1 aromatic rings. The Kier molecular flexibility index (Phi) is 4.31. The highest BCUT2D eigenvalue weighted by atomic mass is 32.1. The van der Waals surface area contributed by atoms with Gasteiger partial charge in [0.2, 0.25) is 0 Å². The standard InChI is InChI=1S/C11H19N3OS/c1-14-4-5-15-11(8-14)10(13-12)7-9-3-2-6-16-9/h2-3,6,10-11,13H,4-5,7-8,12H2,1H3. The molecule has 0 spiro atoms. The van der Waals surface area contributed by atoms with Crippen molar-refractivity contribution >= 4 is 11.3 Å². The van der Waals surface area contributed by atoms with E-state index < -0.39 is 0 Å². The molecule has 90 valence electrons. The Morgan fingerprint density at radius 3 is 3.25 bits per heavy atom. The van der Waals surface area contributed by atoms with Gasteiger partial charge in [0.1, 0.15) is 0 Å². The summed E-state index contributed by atoms with van der Waals surface area (Å²) in [6, 6.07) is 4.41. The van der Waals surface area contributed by atoms with Gasteiger partial charge in [-0.3, -0.25) is 11.3 Å². The molecule has 1 aliphatic heterocycles. The maximum absolute atomic E-state index is 5.77. The summed E-state index contributed by atoms with van der Waals surface area (Å²) in [4.78, 5) is 3.63. The molecule has 1 aromatic heterocycles. The predicted molar refractivity (Wildman–Crippen MR) is 66.4 cm³/mol. The molecule has 0 aliphatic carbocycles.